The summed E-state index contributed by atoms with van der Waals surface area (Å²) in [5.74, 6) is 0.523. The van der Waals surface area contributed by atoms with Crippen LogP contribution in [0.5, 0.6) is 0 Å². The molecule has 1 atom stereocenters. The van der Waals surface area contributed by atoms with Crippen molar-refractivity contribution >= 4 is 11.3 Å². The Morgan fingerprint density at radius 1 is 1.62 bits per heavy atom. The molecule has 0 bridgehead atoms. The Kier molecular flexibility index (Phi) is 2.20. The Bertz CT molecular complexity index is 301. The van der Waals surface area contributed by atoms with E-state index in [0.717, 1.165) is 6.42 Å². The van der Waals surface area contributed by atoms with Gasteiger partial charge in [-0.2, -0.15) is 0 Å². The number of hydrogen-bond acceptors (Lipinski definition) is 2. The topological polar surface area (TPSA) is 20.2 Å². The van der Waals surface area contributed by atoms with E-state index in [4.69, 9.17) is 0 Å². The van der Waals surface area contributed by atoms with Crippen LogP contribution in [0.3, 0.4) is 0 Å². The quantitative estimate of drug-likeness (QED) is 0.787. The van der Waals surface area contributed by atoms with Crippen LogP contribution in [0.15, 0.2) is 11.4 Å². The average Bonchev–Trinajstić information content (AvgIpc) is 2.89. The highest BCUT2D eigenvalue weighted by molar-refractivity contribution is 7.10. The number of hydrogen-bond donors (Lipinski definition) is 1. The van der Waals surface area contributed by atoms with Crippen LogP contribution in [-0.4, -0.2) is 5.11 Å². The summed E-state index contributed by atoms with van der Waals surface area (Å²) >= 11 is 1.70. The fourth-order valence-electron chi connectivity index (χ4n) is 2.01. The van der Waals surface area contributed by atoms with Crippen LogP contribution >= 0.6 is 11.3 Å². The number of aliphatic hydroxyl groups is 1. The smallest absolute Gasteiger partial charge is 0.102 e. The van der Waals surface area contributed by atoms with Gasteiger partial charge in [-0.15, -0.1) is 11.3 Å². The lowest BCUT2D eigenvalue weighted by Gasteiger charge is -2.26. The van der Waals surface area contributed by atoms with Crippen molar-refractivity contribution in [1.29, 1.82) is 0 Å². The molecule has 0 spiro atoms. The van der Waals surface area contributed by atoms with Crippen molar-refractivity contribution in [3.63, 3.8) is 0 Å². The summed E-state index contributed by atoms with van der Waals surface area (Å²) in [7, 11) is 0. The first kappa shape index (κ1) is 9.22. The third-order valence-corrected chi connectivity index (χ3v) is 4.23. The Morgan fingerprint density at radius 3 is 2.69 bits per heavy atom. The van der Waals surface area contributed by atoms with Crippen molar-refractivity contribution in [3.8, 4) is 0 Å². The molecule has 1 aliphatic carbocycles. The second-order valence-electron chi connectivity index (χ2n) is 3.98. The van der Waals surface area contributed by atoms with E-state index in [1.54, 1.807) is 11.3 Å². The molecule has 0 aliphatic heterocycles. The fourth-order valence-corrected chi connectivity index (χ4v) is 3.19. The zero-order valence-corrected chi connectivity index (χ0v) is 9.03. The normalized spacial score (nSPS) is 21.5. The summed E-state index contributed by atoms with van der Waals surface area (Å²) in [4.78, 5) is 1.19. The zero-order chi connectivity index (χ0) is 9.47. The molecule has 1 aromatic rings. The molecule has 0 aromatic carbocycles. The van der Waals surface area contributed by atoms with Crippen LogP contribution in [0.4, 0.5) is 0 Å². The van der Waals surface area contributed by atoms with E-state index < -0.39 is 5.60 Å². The van der Waals surface area contributed by atoms with Crippen LogP contribution in [0, 0.1) is 12.8 Å². The van der Waals surface area contributed by atoms with Gasteiger partial charge in [-0.1, -0.05) is 6.92 Å². The first-order valence-electron chi connectivity index (χ1n) is 4.95. The molecule has 1 aliphatic rings. The molecule has 1 N–H and O–H groups in total. The molecule has 2 rings (SSSR count). The number of rotatable bonds is 3. The van der Waals surface area contributed by atoms with Crippen molar-refractivity contribution in [2.75, 3.05) is 0 Å². The highest BCUT2D eigenvalue weighted by Crippen LogP contribution is 2.49. The Hall–Kier alpha value is -0.340. The van der Waals surface area contributed by atoms with Gasteiger partial charge in [0.2, 0.25) is 0 Å². The van der Waals surface area contributed by atoms with Gasteiger partial charge in [-0.3, -0.25) is 0 Å². The molecule has 0 amide bonds. The maximum atomic E-state index is 10.5. The van der Waals surface area contributed by atoms with Crippen molar-refractivity contribution in [2.24, 2.45) is 5.92 Å². The van der Waals surface area contributed by atoms with E-state index in [1.807, 2.05) is 0 Å². The van der Waals surface area contributed by atoms with E-state index in [0.29, 0.717) is 5.92 Å². The maximum absolute atomic E-state index is 10.5. The average molecular weight is 196 g/mol. The summed E-state index contributed by atoms with van der Waals surface area (Å²) in [6.07, 6.45) is 3.24. The predicted molar refractivity (Wildman–Crippen MR) is 56.0 cm³/mol. The summed E-state index contributed by atoms with van der Waals surface area (Å²) in [5, 5.41) is 12.6. The minimum atomic E-state index is -0.516. The van der Waals surface area contributed by atoms with E-state index in [-0.39, 0.29) is 0 Å². The highest BCUT2D eigenvalue weighted by atomic mass is 32.1. The number of aryl methyl sites for hydroxylation is 1. The molecule has 1 saturated carbocycles. The molecule has 1 aromatic heterocycles. The maximum Gasteiger partial charge on any atom is 0.102 e. The SMILES string of the molecule is CCC(O)(c1sccc1C)C1CC1. The summed E-state index contributed by atoms with van der Waals surface area (Å²) in [6.45, 7) is 4.17. The summed E-state index contributed by atoms with van der Waals surface area (Å²) in [6, 6.07) is 2.10. The molecule has 0 radical (unpaired) electrons. The van der Waals surface area contributed by atoms with Gasteiger partial charge in [0.25, 0.3) is 0 Å². The van der Waals surface area contributed by atoms with Gasteiger partial charge in [0.15, 0.2) is 0 Å². The monoisotopic (exact) mass is 196 g/mol. The Labute approximate surface area is 83.4 Å². The Balaban J connectivity index is 2.35. The van der Waals surface area contributed by atoms with Crippen molar-refractivity contribution in [1.82, 2.24) is 0 Å². The molecule has 1 fully saturated rings. The molecule has 1 heterocycles. The molecular weight excluding hydrogens is 180 g/mol. The molecule has 72 valence electrons. The summed E-state index contributed by atoms with van der Waals surface area (Å²) in [5.41, 5.74) is 0.736. The zero-order valence-electron chi connectivity index (χ0n) is 8.21. The minimum Gasteiger partial charge on any atom is -0.384 e. The van der Waals surface area contributed by atoms with Gasteiger partial charge in [0, 0.05) is 4.88 Å². The van der Waals surface area contributed by atoms with Crippen LogP contribution < -0.4 is 0 Å². The van der Waals surface area contributed by atoms with E-state index >= 15 is 0 Å². The fraction of sp³-hybridized carbons (Fsp3) is 0.636. The van der Waals surface area contributed by atoms with Crippen molar-refractivity contribution in [3.05, 3.63) is 21.9 Å². The highest BCUT2D eigenvalue weighted by Gasteiger charge is 2.44. The van der Waals surface area contributed by atoms with Gasteiger partial charge in [0.1, 0.15) is 5.60 Å². The van der Waals surface area contributed by atoms with E-state index in [1.165, 1.54) is 23.3 Å². The van der Waals surface area contributed by atoms with E-state index in [9.17, 15) is 5.11 Å². The first-order chi connectivity index (χ1) is 6.18. The lowest BCUT2D eigenvalue weighted by atomic mass is 9.91. The minimum absolute atomic E-state index is 0.516. The Morgan fingerprint density at radius 2 is 2.31 bits per heavy atom. The predicted octanol–water partition coefficient (Wildman–Crippen LogP) is 3.06. The van der Waals surface area contributed by atoms with Gasteiger partial charge >= 0.3 is 0 Å². The lowest BCUT2D eigenvalue weighted by Crippen LogP contribution is -2.26. The van der Waals surface area contributed by atoms with Gasteiger partial charge in [0.05, 0.1) is 0 Å². The number of thiophene rings is 1. The van der Waals surface area contributed by atoms with Gasteiger partial charge in [-0.05, 0) is 49.1 Å². The van der Waals surface area contributed by atoms with Crippen LogP contribution in [0.2, 0.25) is 0 Å². The third-order valence-electron chi connectivity index (χ3n) is 3.05. The lowest BCUT2D eigenvalue weighted by molar-refractivity contribution is 0.0120. The van der Waals surface area contributed by atoms with Crippen LogP contribution in [-0.2, 0) is 5.60 Å². The standard InChI is InChI=1S/C11H16OS/c1-3-11(12,9-4-5-9)10-8(2)6-7-13-10/h6-7,9,12H,3-5H2,1-2H3. The van der Waals surface area contributed by atoms with Crippen LogP contribution in [0.1, 0.15) is 36.6 Å². The second-order valence-corrected chi connectivity index (χ2v) is 4.90. The molecular formula is C11H16OS. The second kappa shape index (κ2) is 3.10. The van der Waals surface area contributed by atoms with Gasteiger partial charge < -0.3 is 5.11 Å². The molecule has 2 heteroatoms. The molecule has 1 nitrogen and oxygen atoms in total. The van der Waals surface area contributed by atoms with Crippen molar-refractivity contribution < 1.29 is 5.11 Å². The third kappa shape index (κ3) is 1.42. The van der Waals surface area contributed by atoms with E-state index in [2.05, 4.69) is 25.3 Å². The van der Waals surface area contributed by atoms with Gasteiger partial charge in [-0.25, -0.2) is 0 Å². The summed E-state index contributed by atoms with van der Waals surface area (Å²) < 4.78 is 0. The molecule has 0 saturated heterocycles. The van der Waals surface area contributed by atoms with Crippen LogP contribution in [0.25, 0.3) is 0 Å². The first-order valence-corrected chi connectivity index (χ1v) is 5.83. The van der Waals surface area contributed by atoms with Crippen molar-refractivity contribution in [2.45, 2.75) is 38.7 Å². The molecule has 1 unspecified atom stereocenters. The largest absolute Gasteiger partial charge is 0.384 e. The molecule has 13 heavy (non-hydrogen) atoms.